The van der Waals surface area contributed by atoms with E-state index in [2.05, 4.69) is 0 Å². The molecule has 1 aromatic carbocycles. The minimum absolute atomic E-state index is 0.00715. The van der Waals surface area contributed by atoms with Crippen molar-refractivity contribution in [2.45, 2.75) is 58.9 Å². The molecule has 0 saturated carbocycles. The zero-order valence-corrected chi connectivity index (χ0v) is 16.8. The van der Waals surface area contributed by atoms with E-state index >= 15 is 0 Å². The fourth-order valence-electron chi connectivity index (χ4n) is 1.71. The summed E-state index contributed by atoms with van der Waals surface area (Å²) < 4.78 is 34.7. The number of benzene rings is 1. The molecule has 0 saturated heterocycles. The molecule has 0 heterocycles. The van der Waals surface area contributed by atoms with Gasteiger partial charge < -0.3 is 10.5 Å². The second kappa shape index (κ2) is 9.89. The molecular weight excluding hydrogens is 342 g/mol. The van der Waals surface area contributed by atoms with Gasteiger partial charge in [0, 0.05) is 0 Å². The van der Waals surface area contributed by atoms with Gasteiger partial charge in [0.15, 0.2) is 0 Å². The summed E-state index contributed by atoms with van der Waals surface area (Å²) in [6.45, 7) is 12.4. The highest BCUT2D eigenvalue weighted by Crippen LogP contribution is 2.14. The standard InChI is InChI=1S/C11H23NO2.C7H8O3S/c1-8(2)6-9(12)10(13)14-7-11(3,4)5;1-6-2-4-7(5-3-6)11(8,9)10/h8-9H,6-7,12H2,1-5H3;2-5H,1H3,(H,8,9,10)/t9-;/m0./s1. The fourth-order valence-corrected chi connectivity index (χ4v) is 2.19. The lowest BCUT2D eigenvalue weighted by Gasteiger charge is -2.20. The molecule has 0 unspecified atom stereocenters. The summed E-state index contributed by atoms with van der Waals surface area (Å²) in [4.78, 5) is 11.3. The number of aryl methyl sites for hydroxylation is 1. The van der Waals surface area contributed by atoms with E-state index in [1.54, 1.807) is 12.1 Å². The number of carbonyl (C=O) groups excluding carboxylic acids is 1. The smallest absolute Gasteiger partial charge is 0.322 e. The zero-order valence-electron chi connectivity index (χ0n) is 15.9. The maximum absolute atomic E-state index is 11.4. The van der Waals surface area contributed by atoms with Crippen LogP contribution in [0.3, 0.4) is 0 Å². The average Bonchev–Trinajstić information content (AvgIpc) is 2.43. The molecule has 3 N–H and O–H groups in total. The molecular formula is C18H31NO5S. The average molecular weight is 374 g/mol. The van der Waals surface area contributed by atoms with Crippen LogP contribution in [0.15, 0.2) is 29.2 Å². The molecule has 1 atom stereocenters. The van der Waals surface area contributed by atoms with Crippen molar-refractivity contribution in [1.82, 2.24) is 0 Å². The Kier molecular flexibility index (Phi) is 9.32. The van der Waals surface area contributed by atoms with Crippen LogP contribution in [0.5, 0.6) is 0 Å². The van der Waals surface area contributed by atoms with Gasteiger partial charge in [-0.25, -0.2) is 0 Å². The summed E-state index contributed by atoms with van der Waals surface area (Å²) in [6.07, 6.45) is 0.684. The Morgan fingerprint density at radius 3 is 2.04 bits per heavy atom. The van der Waals surface area contributed by atoms with E-state index in [1.165, 1.54) is 12.1 Å². The van der Waals surface area contributed by atoms with E-state index in [4.69, 9.17) is 15.0 Å². The van der Waals surface area contributed by atoms with Crippen molar-refractivity contribution in [2.24, 2.45) is 17.1 Å². The van der Waals surface area contributed by atoms with E-state index in [0.29, 0.717) is 18.9 Å². The summed E-state index contributed by atoms with van der Waals surface area (Å²) in [6, 6.07) is 5.51. The van der Waals surface area contributed by atoms with Gasteiger partial charge in [-0.3, -0.25) is 9.35 Å². The number of hydrogen-bond donors (Lipinski definition) is 2. The van der Waals surface area contributed by atoms with Gasteiger partial charge in [0.25, 0.3) is 10.1 Å². The van der Waals surface area contributed by atoms with Crippen LogP contribution in [0, 0.1) is 18.3 Å². The van der Waals surface area contributed by atoms with Gasteiger partial charge in [0.05, 0.1) is 11.5 Å². The van der Waals surface area contributed by atoms with Crippen LogP contribution in [-0.4, -0.2) is 31.6 Å². The quantitative estimate of drug-likeness (QED) is 0.606. The maximum Gasteiger partial charge on any atom is 0.322 e. The normalized spacial score (nSPS) is 13.0. The first-order chi connectivity index (χ1) is 11.2. The topological polar surface area (TPSA) is 107 Å². The van der Waals surface area contributed by atoms with Crippen molar-refractivity contribution < 1.29 is 22.5 Å². The highest BCUT2D eigenvalue weighted by atomic mass is 32.2. The first-order valence-electron chi connectivity index (χ1n) is 8.19. The third kappa shape index (κ3) is 11.7. The number of ether oxygens (including phenoxy) is 1. The Morgan fingerprint density at radius 2 is 1.68 bits per heavy atom. The van der Waals surface area contributed by atoms with Gasteiger partial charge in [-0.1, -0.05) is 52.3 Å². The molecule has 0 aliphatic rings. The summed E-state index contributed by atoms with van der Waals surface area (Å²) in [5.74, 6) is 0.140. The lowest BCUT2D eigenvalue weighted by Crippen LogP contribution is -2.35. The minimum Gasteiger partial charge on any atom is -0.464 e. The summed E-state index contributed by atoms with van der Waals surface area (Å²) in [7, 11) is -4.02. The third-order valence-electron chi connectivity index (χ3n) is 2.99. The van der Waals surface area contributed by atoms with Gasteiger partial charge in [-0.05, 0) is 36.8 Å². The number of hydrogen-bond acceptors (Lipinski definition) is 5. The molecule has 25 heavy (non-hydrogen) atoms. The SMILES string of the molecule is CC(C)C[C@H](N)C(=O)OCC(C)(C)C.Cc1ccc(S(=O)(=O)O)cc1. The molecule has 0 aromatic heterocycles. The monoisotopic (exact) mass is 373 g/mol. The second-order valence-electron chi connectivity index (χ2n) is 7.69. The van der Waals surface area contributed by atoms with Crippen LogP contribution >= 0.6 is 0 Å². The van der Waals surface area contributed by atoms with Crippen LogP contribution in [0.2, 0.25) is 0 Å². The molecule has 6 nitrogen and oxygen atoms in total. The predicted molar refractivity (Wildman–Crippen MR) is 98.8 cm³/mol. The Hall–Kier alpha value is -1.44. The Bertz CT molecular complexity index is 630. The van der Waals surface area contributed by atoms with E-state index < -0.39 is 16.2 Å². The van der Waals surface area contributed by atoms with Gasteiger partial charge in [-0.2, -0.15) is 8.42 Å². The zero-order chi connectivity index (χ0) is 19.8. The Balaban J connectivity index is 0.000000472. The lowest BCUT2D eigenvalue weighted by atomic mass is 9.98. The lowest BCUT2D eigenvalue weighted by molar-refractivity contribution is -0.148. The number of carbonyl (C=O) groups is 1. The van der Waals surface area contributed by atoms with Crippen molar-refractivity contribution in [3.05, 3.63) is 29.8 Å². The summed E-state index contributed by atoms with van der Waals surface area (Å²) in [5.41, 5.74) is 6.64. The Morgan fingerprint density at radius 1 is 1.20 bits per heavy atom. The molecule has 0 fully saturated rings. The number of nitrogens with two attached hydrogens (primary N) is 1. The molecule has 0 radical (unpaired) electrons. The van der Waals surface area contributed by atoms with Gasteiger partial charge in [0.2, 0.25) is 0 Å². The van der Waals surface area contributed by atoms with E-state index in [1.807, 2.05) is 41.5 Å². The van der Waals surface area contributed by atoms with Crippen LogP contribution in [0.25, 0.3) is 0 Å². The van der Waals surface area contributed by atoms with Crippen molar-refractivity contribution >= 4 is 16.1 Å². The van der Waals surface area contributed by atoms with Crippen molar-refractivity contribution in [3.63, 3.8) is 0 Å². The Labute approximate surface area is 151 Å². The van der Waals surface area contributed by atoms with Gasteiger partial charge in [-0.15, -0.1) is 0 Å². The summed E-state index contributed by atoms with van der Waals surface area (Å²) in [5, 5.41) is 0. The predicted octanol–water partition coefficient (Wildman–Crippen LogP) is 3.19. The van der Waals surface area contributed by atoms with Crippen LogP contribution in [-0.2, 0) is 19.6 Å². The van der Waals surface area contributed by atoms with Crippen LogP contribution in [0.1, 0.15) is 46.6 Å². The maximum atomic E-state index is 11.4. The molecule has 144 valence electrons. The molecule has 0 aliphatic heterocycles. The molecule has 0 bridgehead atoms. The van der Waals surface area contributed by atoms with Gasteiger partial charge >= 0.3 is 5.97 Å². The van der Waals surface area contributed by atoms with E-state index in [0.717, 1.165) is 5.56 Å². The molecule has 1 rings (SSSR count). The number of rotatable bonds is 5. The van der Waals surface area contributed by atoms with E-state index in [-0.39, 0.29) is 16.3 Å². The fraction of sp³-hybridized carbons (Fsp3) is 0.611. The highest BCUT2D eigenvalue weighted by Gasteiger charge is 2.19. The molecule has 0 spiro atoms. The van der Waals surface area contributed by atoms with Crippen LogP contribution in [0.4, 0.5) is 0 Å². The first-order valence-corrected chi connectivity index (χ1v) is 9.63. The molecule has 0 aliphatic carbocycles. The first kappa shape index (κ1) is 23.6. The minimum atomic E-state index is -4.02. The second-order valence-corrected chi connectivity index (χ2v) is 9.11. The van der Waals surface area contributed by atoms with Gasteiger partial charge in [0.1, 0.15) is 6.04 Å². The van der Waals surface area contributed by atoms with Crippen molar-refractivity contribution in [1.29, 1.82) is 0 Å². The third-order valence-corrected chi connectivity index (χ3v) is 3.86. The molecule has 0 amide bonds. The van der Waals surface area contributed by atoms with E-state index in [9.17, 15) is 13.2 Å². The van der Waals surface area contributed by atoms with Crippen molar-refractivity contribution in [2.75, 3.05) is 6.61 Å². The number of esters is 1. The van der Waals surface area contributed by atoms with Crippen LogP contribution < -0.4 is 5.73 Å². The molecule has 7 heteroatoms. The highest BCUT2D eigenvalue weighted by molar-refractivity contribution is 7.85. The molecule has 1 aromatic rings. The largest absolute Gasteiger partial charge is 0.464 e. The van der Waals surface area contributed by atoms with Crippen molar-refractivity contribution in [3.8, 4) is 0 Å². The summed E-state index contributed by atoms with van der Waals surface area (Å²) >= 11 is 0.